The molecule has 0 amide bonds. The van der Waals surface area contributed by atoms with E-state index in [0.717, 1.165) is 12.1 Å². The van der Waals surface area contributed by atoms with E-state index in [2.05, 4.69) is 21.1 Å². The van der Waals surface area contributed by atoms with E-state index in [0.29, 0.717) is 37.2 Å². The highest BCUT2D eigenvalue weighted by Crippen LogP contribution is 2.34. The summed E-state index contributed by atoms with van der Waals surface area (Å²) in [4.78, 5) is 5.98. The number of hydrogen-bond acceptors (Lipinski definition) is 6. The van der Waals surface area contributed by atoms with Crippen LogP contribution in [0.15, 0.2) is 55.1 Å². The van der Waals surface area contributed by atoms with Gasteiger partial charge in [-0.3, -0.25) is 4.90 Å². The topological polar surface area (TPSA) is 87.2 Å². The van der Waals surface area contributed by atoms with Crippen LogP contribution < -0.4 is 4.74 Å². The maximum Gasteiger partial charge on any atom is 0.137 e. The van der Waals surface area contributed by atoms with Gasteiger partial charge < -0.3 is 9.84 Å². The maximum absolute atomic E-state index is 14.8. The van der Waals surface area contributed by atoms with Gasteiger partial charge in [-0.05, 0) is 44.0 Å². The quantitative estimate of drug-likeness (QED) is 0.591. The predicted molar refractivity (Wildman–Crippen MR) is 116 cm³/mol. The summed E-state index contributed by atoms with van der Waals surface area (Å²) in [5.74, 6) is -0.859. The first-order chi connectivity index (χ1) is 15.9. The molecule has 0 radical (unpaired) electrons. The molecule has 1 aliphatic rings. The summed E-state index contributed by atoms with van der Waals surface area (Å²) in [5.41, 5.74) is -1.11. The minimum Gasteiger partial charge on any atom is -0.490 e. The number of likely N-dealkylation sites (tertiary alicyclic amines) is 1. The van der Waals surface area contributed by atoms with E-state index in [-0.39, 0.29) is 18.2 Å². The van der Waals surface area contributed by atoms with Crippen LogP contribution in [-0.2, 0) is 12.1 Å². The Hall–Kier alpha value is -3.35. The summed E-state index contributed by atoms with van der Waals surface area (Å²) < 4.78 is 35.8. The van der Waals surface area contributed by atoms with Crippen molar-refractivity contribution >= 4 is 0 Å². The summed E-state index contributed by atoms with van der Waals surface area (Å²) in [7, 11) is 0. The smallest absolute Gasteiger partial charge is 0.137 e. The van der Waals surface area contributed by atoms with Crippen LogP contribution in [0.4, 0.5) is 8.78 Å². The van der Waals surface area contributed by atoms with E-state index in [9.17, 15) is 13.9 Å². The fourth-order valence-electron chi connectivity index (χ4n) is 4.36. The van der Waals surface area contributed by atoms with Crippen LogP contribution in [0.25, 0.3) is 0 Å². The first-order valence-electron chi connectivity index (χ1n) is 10.8. The molecule has 0 bridgehead atoms. The van der Waals surface area contributed by atoms with E-state index in [1.807, 2.05) is 13.0 Å². The zero-order valence-corrected chi connectivity index (χ0v) is 18.2. The van der Waals surface area contributed by atoms with Gasteiger partial charge in [0.05, 0.1) is 18.2 Å². The van der Waals surface area contributed by atoms with E-state index < -0.39 is 23.3 Å². The number of benzene rings is 2. The van der Waals surface area contributed by atoms with Gasteiger partial charge in [-0.15, -0.1) is 0 Å². The molecule has 33 heavy (non-hydrogen) atoms. The van der Waals surface area contributed by atoms with Gasteiger partial charge in [0.2, 0.25) is 0 Å². The van der Waals surface area contributed by atoms with Gasteiger partial charge in [-0.2, -0.15) is 10.4 Å². The lowest BCUT2D eigenvalue weighted by molar-refractivity contribution is -0.0747. The number of rotatable bonds is 7. The van der Waals surface area contributed by atoms with Crippen LogP contribution in [0, 0.1) is 23.0 Å². The third kappa shape index (κ3) is 5.02. The van der Waals surface area contributed by atoms with E-state index in [1.165, 1.54) is 23.4 Å². The van der Waals surface area contributed by atoms with Gasteiger partial charge in [0.15, 0.2) is 0 Å². The molecule has 2 atom stereocenters. The lowest BCUT2D eigenvalue weighted by Crippen LogP contribution is -2.54. The highest BCUT2D eigenvalue weighted by atomic mass is 19.1. The van der Waals surface area contributed by atoms with Gasteiger partial charge in [0.1, 0.15) is 41.7 Å². The molecule has 9 heteroatoms. The summed E-state index contributed by atoms with van der Waals surface area (Å²) >= 11 is 0. The normalized spacial score (nSPS) is 17.8. The summed E-state index contributed by atoms with van der Waals surface area (Å²) in [6.07, 6.45) is 4.16. The molecule has 2 aromatic carbocycles. The summed E-state index contributed by atoms with van der Waals surface area (Å²) in [5, 5.41) is 24.9. The number of aromatic nitrogens is 3. The fraction of sp³-hybridized carbons (Fsp3) is 0.375. The fourth-order valence-corrected chi connectivity index (χ4v) is 4.36. The first kappa shape index (κ1) is 22.8. The Morgan fingerprint density at radius 2 is 2.03 bits per heavy atom. The molecule has 1 saturated heterocycles. The standard InChI is InChI=1S/C24H25F2N5O2/c1-17(30-9-7-20(8-10-30)33-21-4-2-3-18(11-21)13-27)24(32,14-31-16-28-15-29-31)22-6-5-19(25)12-23(22)26/h2-6,11-12,15-17,20,32H,7-10,14H2,1H3/t17-,24-/m1/s1. The van der Waals surface area contributed by atoms with E-state index >= 15 is 0 Å². The molecule has 0 aliphatic carbocycles. The Balaban J connectivity index is 1.50. The predicted octanol–water partition coefficient (Wildman–Crippen LogP) is 3.25. The number of hydrogen-bond donors (Lipinski definition) is 1. The van der Waals surface area contributed by atoms with Crippen molar-refractivity contribution in [2.75, 3.05) is 13.1 Å². The molecule has 172 valence electrons. The van der Waals surface area contributed by atoms with Crippen LogP contribution in [0.3, 0.4) is 0 Å². The summed E-state index contributed by atoms with van der Waals surface area (Å²) in [6.45, 7) is 3.03. The Morgan fingerprint density at radius 3 is 2.70 bits per heavy atom. The Labute approximate surface area is 190 Å². The number of nitriles is 1. The van der Waals surface area contributed by atoms with Crippen LogP contribution in [0.1, 0.15) is 30.9 Å². The van der Waals surface area contributed by atoms with Crippen molar-refractivity contribution < 1.29 is 18.6 Å². The molecule has 1 aromatic heterocycles. The lowest BCUT2D eigenvalue weighted by Gasteiger charge is -2.44. The lowest BCUT2D eigenvalue weighted by atomic mass is 9.84. The van der Waals surface area contributed by atoms with Crippen LogP contribution in [-0.4, -0.2) is 50.0 Å². The van der Waals surface area contributed by atoms with Crippen molar-refractivity contribution in [3.8, 4) is 11.8 Å². The Morgan fingerprint density at radius 1 is 1.24 bits per heavy atom. The minimum absolute atomic E-state index is 0.0126. The first-order valence-corrected chi connectivity index (χ1v) is 10.8. The Kier molecular flexibility index (Phi) is 6.67. The van der Waals surface area contributed by atoms with Crippen molar-refractivity contribution in [1.82, 2.24) is 19.7 Å². The molecule has 7 nitrogen and oxygen atoms in total. The second-order valence-corrected chi connectivity index (χ2v) is 8.31. The van der Waals surface area contributed by atoms with Crippen LogP contribution in [0.2, 0.25) is 0 Å². The maximum atomic E-state index is 14.8. The van der Waals surface area contributed by atoms with Crippen LogP contribution in [0.5, 0.6) is 5.75 Å². The second kappa shape index (κ2) is 9.65. The molecule has 1 N–H and O–H groups in total. The monoisotopic (exact) mass is 453 g/mol. The van der Waals surface area contributed by atoms with Crippen LogP contribution >= 0.6 is 0 Å². The number of halogens is 2. The third-order valence-electron chi connectivity index (χ3n) is 6.25. The largest absolute Gasteiger partial charge is 0.490 e. The third-order valence-corrected chi connectivity index (χ3v) is 6.25. The number of piperidine rings is 1. The zero-order valence-electron chi connectivity index (χ0n) is 18.2. The van der Waals surface area contributed by atoms with Gasteiger partial charge in [-0.1, -0.05) is 12.1 Å². The zero-order chi connectivity index (χ0) is 23.4. The molecular formula is C24H25F2N5O2. The highest BCUT2D eigenvalue weighted by Gasteiger charge is 2.43. The Bertz CT molecular complexity index is 1130. The number of nitrogens with zero attached hydrogens (tertiary/aromatic N) is 5. The highest BCUT2D eigenvalue weighted by molar-refractivity contribution is 5.36. The van der Waals surface area contributed by atoms with Gasteiger partial charge in [0.25, 0.3) is 0 Å². The van der Waals surface area contributed by atoms with E-state index in [1.54, 1.807) is 18.2 Å². The molecule has 0 saturated carbocycles. The number of aliphatic hydroxyl groups is 1. The molecule has 2 heterocycles. The molecule has 3 aromatic rings. The van der Waals surface area contributed by atoms with E-state index in [4.69, 9.17) is 10.00 Å². The molecule has 0 spiro atoms. The SMILES string of the molecule is C[C@@H](N1CCC(Oc2cccc(C#N)c2)CC1)[C@](O)(Cn1cncn1)c1ccc(F)cc1F. The molecule has 4 rings (SSSR count). The average Bonchev–Trinajstić information content (AvgIpc) is 3.32. The molecule has 0 unspecified atom stereocenters. The molecule has 1 aliphatic heterocycles. The van der Waals surface area contributed by atoms with Gasteiger partial charge in [0, 0.05) is 30.8 Å². The average molecular weight is 453 g/mol. The minimum atomic E-state index is -1.67. The van der Waals surface area contributed by atoms with Crippen molar-refractivity contribution in [3.63, 3.8) is 0 Å². The molecular weight excluding hydrogens is 428 g/mol. The molecule has 1 fully saturated rings. The summed E-state index contributed by atoms with van der Waals surface area (Å²) in [6, 6.07) is 11.9. The van der Waals surface area contributed by atoms with Crippen molar-refractivity contribution in [3.05, 3.63) is 77.9 Å². The van der Waals surface area contributed by atoms with Crippen molar-refractivity contribution in [2.45, 2.75) is 44.1 Å². The number of ether oxygens (including phenoxy) is 1. The van der Waals surface area contributed by atoms with Crippen molar-refractivity contribution in [2.24, 2.45) is 0 Å². The van der Waals surface area contributed by atoms with Gasteiger partial charge >= 0.3 is 0 Å². The van der Waals surface area contributed by atoms with Gasteiger partial charge in [-0.25, -0.2) is 18.4 Å². The van der Waals surface area contributed by atoms with Crippen molar-refractivity contribution in [1.29, 1.82) is 5.26 Å². The second-order valence-electron chi connectivity index (χ2n) is 8.31.